The third kappa shape index (κ3) is 16.8. The predicted molar refractivity (Wildman–Crippen MR) is 219 cm³/mol. The number of benzene rings is 1. The van der Waals surface area contributed by atoms with Crippen LogP contribution in [0.1, 0.15) is 145 Å². The van der Waals surface area contributed by atoms with Gasteiger partial charge in [0, 0.05) is 5.69 Å². The van der Waals surface area contributed by atoms with Gasteiger partial charge in [-0.15, -0.1) is 0 Å². The molecule has 3 rings (SSSR count). The van der Waals surface area contributed by atoms with Gasteiger partial charge >= 0.3 is 7.82 Å². The van der Waals surface area contributed by atoms with Crippen molar-refractivity contribution in [2.75, 3.05) is 13.2 Å². The van der Waals surface area contributed by atoms with Crippen molar-refractivity contribution in [3.05, 3.63) is 70.8 Å². The topological polar surface area (TPSA) is 240 Å². The Morgan fingerprint density at radius 2 is 1.66 bits per heavy atom. The Balaban J connectivity index is 1.46. The molecular formula is C42H62FN6O8P. The Hall–Kier alpha value is -3.76. The second-order valence-corrected chi connectivity index (χ2v) is 16.3. The number of nitriles is 2. The maximum absolute atomic E-state index is 14.1. The predicted octanol–water partition coefficient (Wildman–Crippen LogP) is 8.32. The van der Waals surface area contributed by atoms with Crippen LogP contribution < -0.4 is 5.73 Å². The average Bonchev–Trinajstić information content (AvgIpc) is 3.80. The summed E-state index contributed by atoms with van der Waals surface area (Å²) in [7, 11) is -4.88. The molecule has 2 heterocycles. The van der Waals surface area contributed by atoms with Crippen LogP contribution in [0.2, 0.25) is 0 Å². The molecule has 2 aromatic rings. The van der Waals surface area contributed by atoms with Crippen LogP contribution in [0.3, 0.4) is 0 Å². The Kier molecular flexibility index (Phi) is 22.1. The summed E-state index contributed by atoms with van der Waals surface area (Å²) >= 11 is 0. The highest BCUT2D eigenvalue weighted by Crippen LogP contribution is 2.47. The molecule has 1 unspecified atom stereocenters. The van der Waals surface area contributed by atoms with Crippen LogP contribution in [-0.2, 0) is 29.7 Å². The molecule has 320 valence electrons. The Bertz CT molecular complexity index is 1730. The monoisotopic (exact) mass is 828 g/mol. The number of unbranched alkanes of at least 4 members (excludes halogenated alkanes) is 14. The second-order valence-electron chi connectivity index (χ2n) is 14.8. The summed E-state index contributed by atoms with van der Waals surface area (Å²) in [6.07, 6.45) is 19.1. The number of nitrogens with two attached hydrogens (primary N) is 1. The number of aromatic amines is 1. The van der Waals surface area contributed by atoms with Gasteiger partial charge in [0.1, 0.15) is 49.0 Å². The lowest BCUT2D eigenvalue weighted by Crippen LogP contribution is -2.45. The number of halogens is 1. The fourth-order valence-corrected chi connectivity index (χ4v) is 7.54. The van der Waals surface area contributed by atoms with E-state index in [-0.39, 0.29) is 30.3 Å². The van der Waals surface area contributed by atoms with Crippen LogP contribution in [0.4, 0.5) is 4.39 Å². The van der Waals surface area contributed by atoms with E-state index in [9.17, 15) is 34.6 Å². The molecule has 1 saturated heterocycles. The summed E-state index contributed by atoms with van der Waals surface area (Å²) in [6.45, 7) is 0.838. The van der Waals surface area contributed by atoms with E-state index >= 15 is 0 Å². The zero-order valence-electron chi connectivity index (χ0n) is 33.7. The third-order valence-electron chi connectivity index (χ3n) is 10.1. The molecule has 1 aromatic carbocycles. The number of nitrogens with one attached hydrogen (secondary N) is 2. The molecule has 0 saturated carbocycles. The summed E-state index contributed by atoms with van der Waals surface area (Å²) in [5.41, 5.74) is 4.61. The molecule has 0 aliphatic carbocycles. The maximum Gasteiger partial charge on any atom is 0.472 e. The van der Waals surface area contributed by atoms with Crippen molar-refractivity contribution in [1.82, 2.24) is 4.98 Å². The summed E-state index contributed by atoms with van der Waals surface area (Å²) in [4.78, 5) is 17.1. The smallest absolute Gasteiger partial charge is 0.387 e. The van der Waals surface area contributed by atoms with Crippen LogP contribution in [0.5, 0.6) is 0 Å². The van der Waals surface area contributed by atoms with Crippen molar-refractivity contribution >= 4 is 20.0 Å². The first kappa shape index (κ1) is 48.6. The zero-order chi connectivity index (χ0) is 42.2. The molecular weight excluding hydrogens is 766 g/mol. The maximum atomic E-state index is 14.1. The minimum atomic E-state index is -4.88. The van der Waals surface area contributed by atoms with E-state index in [1.807, 2.05) is 6.07 Å². The Morgan fingerprint density at radius 1 is 1.02 bits per heavy atom. The van der Waals surface area contributed by atoms with E-state index in [2.05, 4.69) is 29.1 Å². The molecule has 0 bridgehead atoms. The molecule has 0 radical (unpaired) electrons. The number of aliphatic imine (C=N–C) groups is 1. The number of H-pyrrole nitrogens is 1. The lowest BCUT2D eigenvalue weighted by molar-refractivity contribution is -0.0760. The molecule has 16 heteroatoms. The second kappa shape index (κ2) is 26.4. The summed E-state index contributed by atoms with van der Waals surface area (Å²) < 4.78 is 49.3. The number of aliphatic hydroxyl groups is 2. The first-order chi connectivity index (χ1) is 28.0. The number of amidine groups is 1. The number of nitrogens with zero attached hydrogens (tertiary/aromatic N) is 3. The van der Waals surface area contributed by atoms with E-state index in [0.717, 1.165) is 50.9 Å². The van der Waals surface area contributed by atoms with Crippen LogP contribution in [-0.4, -0.2) is 69.4 Å². The van der Waals surface area contributed by atoms with Gasteiger partial charge in [-0.25, -0.2) is 13.9 Å². The summed E-state index contributed by atoms with van der Waals surface area (Å²) in [5, 5.41) is 47.9. The fraction of sp³-hybridized carbons (Fsp3) is 0.619. The number of aliphatic hydroxyl groups excluding tert-OH is 2. The molecule has 14 nitrogen and oxygen atoms in total. The Labute approximate surface area is 342 Å². The third-order valence-corrected chi connectivity index (χ3v) is 11.0. The van der Waals surface area contributed by atoms with Crippen LogP contribution in [0.25, 0.3) is 0 Å². The van der Waals surface area contributed by atoms with Gasteiger partial charge in [-0.2, -0.15) is 10.5 Å². The number of ether oxygens (including phenoxy) is 2. The molecule has 6 atom stereocenters. The largest absolute Gasteiger partial charge is 0.472 e. The molecule has 1 aromatic heterocycles. The molecule has 58 heavy (non-hydrogen) atoms. The number of allylic oxidation sites excluding steroid dienone is 2. The lowest BCUT2D eigenvalue weighted by Gasteiger charge is -2.26. The Morgan fingerprint density at radius 3 is 2.28 bits per heavy atom. The van der Waals surface area contributed by atoms with Crippen molar-refractivity contribution in [2.45, 2.75) is 153 Å². The number of hydrogen-bond donors (Lipinski definition) is 6. The molecule has 0 amide bonds. The number of aromatic nitrogens is 1. The highest BCUT2D eigenvalue weighted by Gasteiger charge is 2.56. The van der Waals surface area contributed by atoms with E-state index in [1.165, 1.54) is 88.5 Å². The van der Waals surface area contributed by atoms with E-state index < -0.39 is 50.3 Å². The van der Waals surface area contributed by atoms with E-state index in [0.29, 0.717) is 17.7 Å². The van der Waals surface area contributed by atoms with Gasteiger partial charge in [-0.05, 0) is 68.0 Å². The van der Waals surface area contributed by atoms with Gasteiger partial charge in [-0.1, -0.05) is 96.1 Å². The molecule has 1 aliphatic heterocycles. The lowest BCUT2D eigenvalue weighted by atomic mass is 9.96. The minimum absolute atomic E-state index is 0.0221. The number of phosphoric acid groups is 1. The van der Waals surface area contributed by atoms with Crippen LogP contribution in [0.15, 0.2) is 47.5 Å². The van der Waals surface area contributed by atoms with Gasteiger partial charge in [0.25, 0.3) is 0 Å². The molecule has 7 N–H and O–H groups in total. The highest BCUT2D eigenvalue weighted by atomic mass is 31.2. The number of rotatable bonds is 30. The minimum Gasteiger partial charge on any atom is -0.387 e. The zero-order valence-corrected chi connectivity index (χ0v) is 34.6. The van der Waals surface area contributed by atoms with E-state index in [4.69, 9.17) is 29.7 Å². The fourth-order valence-electron chi connectivity index (χ4n) is 6.76. The highest BCUT2D eigenvalue weighted by molar-refractivity contribution is 7.47. The van der Waals surface area contributed by atoms with Gasteiger partial charge in [0.2, 0.25) is 5.60 Å². The first-order valence-corrected chi connectivity index (χ1v) is 22.0. The normalized spacial score (nSPS) is 21.2. The van der Waals surface area contributed by atoms with Gasteiger partial charge < -0.3 is 35.3 Å². The van der Waals surface area contributed by atoms with Crippen LogP contribution >= 0.6 is 7.82 Å². The van der Waals surface area contributed by atoms with Gasteiger partial charge in [0.15, 0.2) is 0 Å². The number of hydrogen-bond acceptors (Lipinski definition) is 10. The quantitative estimate of drug-likeness (QED) is 0.0144. The van der Waals surface area contributed by atoms with E-state index in [1.54, 1.807) is 6.07 Å². The van der Waals surface area contributed by atoms with Crippen molar-refractivity contribution in [3.8, 4) is 12.1 Å². The average molecular weight is 829 g/mol. The summed E-state index contributed by atoms with van der Waals surface area (Å²) in [5.74, 6) is -0.614. The first-order valence-electron chi connectivity index (χ1n) is 20.5. The standard InChI is InChI=1S/C42H62FN6O8P/c1-2-3-4-5-6-7-8-9-10-11-12-13-14-15-16-17-18-19-20-35(54-27-33-23-32(26-44)24-34(43)25-33)28-55-58(52,53)56-30-42(29-45)40(51)38(50)39(57-42)36-21-22-37(49-36)41(47)48-31-46/h9-10,21-25,31,35,38-40,49-51H,2-8,11-20,27-28,30H2,1H3,(H,52,53)(H3,46,47,48)/b10-9+/t35-,38+,39+,40+,42-/m1/s1. The molecule has 0 spiro atoms. The van der Waals surface area contributed by atoms with Crippen LogP contribution in [0, 0.1) is 33.9 Å². The van der Waals surface area contributed by atoms with Crippen molar-refractivity contribution in [2.24, 2.45) is 10.7 Å². The SMILES string of the molecule is CCCCCCCC/C=C/CCCCCCCCCC[C@H](COP(=O)(O)OC[C@@]1(C#N)O[C@@H](c2ccc(C(N)=NC=N)[nH]2)[C@H](O)[C@@H]1O)OCc1cc(F)cc(C#N)c1. The number of phosphoric ester groups is 1. The molecule has 1 fully saturated rings. The van der Waals surface area contributed by atoms with Gasteiger partial charge in [0.05, 0.1) is 36.6 Å². The van der Waals surface area contributed by atoms with Gasteiger partial charge in [-0.3, -0.25) is 14.5 Å². The summed E-state index contributed by atoms with van der Waals surface area (Å²) in [6, 6.07) is 10.5. The van der Waals surface area contributed by atoms with Crippen molar-refractivity contribution in [3.63, 3.8) is 0 Å². The molecule has 1 aliphatic rings. The van der Waals surface area contributed by atoms with Crippen molar-refractivity contribution in [1.29, 1.82) is 15.9 Å². The van der Waals surface area contributed by atoms with Crippen molar-refractivity contribution < 1.29 is 42.6 Å².